The maximum Gasteiger partial charge on any atom is 0.254 e. The van der Waals surface area contributed by atoms with Crippen LogP contribution in [0.15, 0.2) is 60.0 Å². The van der Waals surface area contributed by atoms with Gasteiger partial charge in [0.25, 0.3) is 5.91 Å². The summed E-state index contributed by atoms with van der Waals surface area (Å²) in [7, 11) is 0. The Morgan fingerprint density at radius 1 is 1.31 bits per heavy atom. The fourth-order valence-corrected chi connectivity index (χ4v) is 4.07. The Morgan fingerprint density at radius 2 is 2.17 bits per heavy atom. The number of morpholine rings is 1. The summed E-state index contributed by atoms with van der Waals surface area (Å²) < 4.78 is 21.2. The van der Waals surface area contributed by atoms with Crippen LogP contribution in [0.4, 0.5) is 4.39 Å². The number of benzene rings is 2. The van der Waals surface area contributed by atoms with E-state index in [1.807, 2.05) is 35.2 Å². The van der Waals surface area contributed by atoms with Crippen molar-refractivity contribution in [2.45, 2.75) is 11.3 Å². The first kappa shape index (κ1) is 19.9. The Labute approximate surface area is 177 Å². The van der Waals surface area contributed by atoms with Crippen LogP contribution in [0.1, 0.15) is 22.0 Å². The van der Waals surface area contributed by atoms with Gasteiger partial charge in [-0.15, -0.1) is 0 Å². The molecule has 2 aromatic carbocycles. The Balaban J connectivity index is 1.55. The van der Waals surface area contributed by atoms with Crippen molar-refractivity contribution in [1.29, 1.82) is 0 Å². The quantitative estimate of drug-likeness (QED) is 0.566. The smallest absolute Gasteiger partial charge is 0.254 e. The third-order valence-corrected chi connectivity index (χ3v) is 5.79. The van der Waals surface area contributed by atoms with Crippen molar-refractivity contribution in [2.75, 3.05) is 26.0 Å². The van der Waals surface area contributed by atoms with Crippen molar-refractivity contribution >= 4 is 29.3 Å². The summed E-state index contributed by atoms with van der Waals surface area (Å²) in [6.07, 6.45) is 5.23. The molecule has 3 aromatic rings. The fraction of sp³-hybridized carbons (Fsp3) is 0.238. The molecule has 0 spiro atoms. The average molecular weight is 432 g/mol. The summed E-state index contributed by atoms with van der Waals surface area (Å²) in [5, 5.41) is 0.904. The topological polar surface area (TPSA) is 47.4 Å². The molecule has 4 rings (SSSR count). The largest absolute Gasteiger partial charge is 0.370 e. The summed E-state index contributed by atoms with van der Waals surface area (Å²) in [5.41, 5.74) is 2.24. The van der Waals surface area contributed by atoms with Gasteiger partial charge in [-0.25, -0.2) is 9.37 Å². The van der Waals surface area contributed by atoms with Gasteiger partial charge in [0, 0.05) is 30.2 Å². The highest BCUT2D eigenvalue weighted by Crippen LogP contribution is 2.27. The van der Waals surface area contributed by atoms with Crippen molar-refractivity contribution < 1.29 is 13.9 Å². The van der Waals surface area contributed by atoms with Crippen LogP contribution in [-0.2, 0) is 4.74 Å². The second kappa shape index (κ2) is 8.57. The molecule has 0 radical (unpaired) electrons. The van der Waals surface area contributed by atoms with Gasteiger partial charge in [0.1, 0.15) is 11.9 Å². The number of aromatic nitrogens is 2. The molecule has 1 aromatic heterocycles. The number of halogens is 2. The van der Waals surface area contributed by atoms with Crippen molar-refractivity contribution in [1.82, 2.24) is 14.5 Å². The van der Waals surface area contributed by atoms with Crippen LogP contribution < -0.4 is 0 Å². The summed E-state index contributed by atoms with van der Waals surface area (Å²) in [4.78, 5) is 19.2. The Hall–Kier alpha value is -2.35. The molecule has 1 unspecified atom stereocenters. The van der Waals surface area contributed by atoms with Gasteiger partial charge in [0.15, 0.2) is 5.16 Å². The van der Waals surface area contributed by atoms with E-state index in [-0.39, 0.29) is 17.0 Å². The van der Waals surface area contributed by atoms with Crippen LogP contribution in [0.3, 0.4) is 0 Å². The average Bonchev–Trinajstić information content (AvgIpc) is 3.24. The molecule has 0 aliphatic carbocycles. The maximum absolute atomic E-state index is 13.5. The van der Waals surface area contributed by atoms with Gasteiger partial charge >= 0.3 is 0 Å². The van der Waals surface area contributed by atoms with E-state index < -0.39 is 5.82 Å². The summed E-state index contributed by atoms with van der Waals surface area (Å²) in [5.74, 6) is -0.542. The van der Waals surface area contributed by atoms with E-state index in [1.165, 1.54) is 6.07 Å². The minimum absolute atomic E-state index is 0.0483. The third kappa shape index (κ3) is 4.17. The van der Waals surface area contributed by atoms with Gasteiger partial charge in [-0.05, 0) is 42.2 Å². The number of carbonyl (C=O) groups is 1. The first-order chi connectivity index (χ1) is 14.1. The normalized spacial score (nSPS) is 16.8. The lowest BCUT2D eigenvalue weighted by molar-refractivity contribution is -0.0228. The monoisotopic (exact) mass is 431 g/mol. The zero-order chi connectivity index (χ0) is 20.4. The summed E-state index contributed by atoms with van der Waals surface area (Å²) >= 11 is 7.44. The number of hydrogen-bond acceptors (Lipinski definition) is 4. The molecule has 1 aliphatic heterocycles. The van der Waals surface area contributed by atoms with Gasteiger partial charge in [-0.3, -0.25) is 9.36 Å². The fourth-order valence-electron chi connectivity index (χ4n) is 3.36. The SMILES string of the molecule is CSc1nccn1-c1cccc(C(=O)N2CCOC(c3ccc(F)c(Cl)c3)C2)c1. The van der Waals surface area contributed by atoms with Crippen molar-refractivity contribution in [2.24, 2.45) is 0 Å². The third-order valence-electron chi connectivity index (χ3n) is 4.83. The minimum Gasteiger partial charge on any atom is -0.370 e. The number of hydrogen-bond donors (Lipinski definition) is 0. The Bertz CT molecular complexity index is 1040. The highest BCUT2D eigenvalue weighted by atomic mass is 35.5. The van der Waals surface area contributed by atoms with E-state index in [4.69, 9.17) is 16.3 Å². The molecular formula is C21H19ClFN3O2S. The van der Waals surface area contributed by atoms with Gasteiger partial charge in [0.2, 0.25) is 0 Å². The second-order valence-corrected chi connectivity index (χ2v) is 7.80. The van der Waals surface area contributed by atoms with E-state index in [0.717, 1.165) is 16.4 Å². The van der Waals surface area contributed by atoms with Gasteiger partial charge in [-0.2, -0.15) is 0 Å². The van der Waals surface area contributed by atoms with Gasteiger partial charge in [-0.1, -0.05) is 35.5 Å². The lowest BCUT2D eigenvalue weighted by Crippen LogP contribution is -2.42. The maximum atomic E-state index is 13.5. The molecule has 5 nitrogen and oxygen atoms in total. The van der Waals surface area contributed by atoms with E-state index >= 15 is 0 Å². The van der Waals surface area contributed by atoms with Crippen molar-refractivity contribution in [3.05, 3.63) is 76.8 Å². The number of amides is 1. The van der Waals surface area contributed by atoms with E-state index in [0.29, 0.717) is 25.3 Å². The molecule has 0 N–H and O–H groups in total. The molecule has 1 fully saturated rings. The minimum atomic E-state index is -0.472. The zero-order valence-electron chi connectivity index (χ0n) is 15.7. The molecule has 1 saturated heterocycles. The molecule has 29 heavy (non-hydrogen) atoms. The van der Waals surface area contributed by atoms with Crippen molar-refractivity contribution in [3.8, 4) is 5.69 Å². The number of carbonyl (C=O) groups excluding carboxylic acids is 1. The molecule has 1 atom stereocenters. The highest BCUT2D eigenvalue weighted by Gasteiger charge is 2.27. The predicted octanol–water partition coefficient (Wildman–Crippen LogP) is 4.60. The first-order valence-electron chi connectivity index (χ1n) is 9.10. The number of rotatable bonds is 4. The lowest BCUT2D eigenvalue weighted by Gasteiger charge is -2.33. The number of imidazole rings is 1. The molecule has 8 heteroatoms. The molecule has 150 valence electrons. The zero-order valence-corrected chi connectivity index (χ0v) is 17.3. The predicted molar refractivity (Wildman–Crippen MR) is 111 cm³/mol. The van der Waals surface area contributed by atoms with Crippen LogP contribution >= 0.6 is 23.4 Å². The second-order valence-electron chi connectivity index (χ2n) is 6.62. The standard InChI is InChI=1S/C21H19ClFN3O2S/c1-29-21-24-7-8-26(21)16-4-2-3-15(11-16)20(27)25-9-10-28-19(13-25)14-5-6-18(23)17(22)12-14/h2-8,11-12,19H,9-10,13H2,1H3. The van der Waals surface area contributed by atoms with E-state index in [9.17, 15) is 9.18 Å². The van der Waals surface area contributed by atoms with Gasteiger partial charge in [0.05, 0.1) is 18.2 Å². The summed E-state index contributed by atoms with van der Waals surface area (Å²) in [6.45, 7) is 1.28. The Kier molecular flexibility index (Phi) is 5.89. The number of ether oxygens (including phenoxy) is 1. The highest BCUT2D eigenvalue weighted by molar-refractivity contribution is 7.98. The van der Waals surface area contributed by atoms with Crippen LogP contribution in [0.5, 0.6) is 0 Å². The molecule has 0 saturated carbocycles. The lowest BCUT2D eigenvalue weighted by atomic mass is 10.1. The van der Waals surface area contributed by atoms with Gasteiger partial charge < -0.3 is 9.64 Å². The first-order valence-corrected chi connectivity index (χ1v) is 10.7. The number of thioether (sulfide) groups is 1. The van der Waals surface area contributed by atoms with Crippen LogP contribution in [0, 0.1) is 5.82 Å². The molecular weight excluding hydrogens is 413 g/mol. The number of nitrogens with zero attached hydrogens (tertiary/aromatic N) is 3. The van der Waals surface area contributed by atoms with Crippen LogP contribution in [0.25, 0.3) is 5.69 Å². The van der Waals surface area contributed by atoms with E-state index in [2.05, 4.69) is 4.98 Å². The van der Waals surface area contributed by atoms with Crippen LogP contribution in [-0.4, -0.2) is 46.3 Å². The van der Waals surface area contributed by atoms with Crippen molar-refractivity contribution in [3.63, 3.8) is 0 Å². The molecule has 2 heterocycles. The molecule has 0 bridgehead atoms. The molecule has 1 amide bonds. The van der Waals surface area contributed by atoms with E-state index in [1.54, 1.807) is 41.1 Å². The van der Waals surface area contributed by atoms with Crippen LogP contribution in [0.2, 0.25) is 5.02 Å². The Morgan fingerprint density at radius 3 is 2.97 bits per heavy atom. The summed E-state index contributed by atoms with van der Waals surface area (Å²) in [6, 6.07) is 12.0. The molecule has 1 aliphatic rings.